The summed E-state index contributed by atoms with van der Waals surface area (Å²) in [6.45, 7) is 10.5. The molecule has 0 aromatic carbocycles. The van der Waals surface area contributed by atoms with Gasteiger partial charge in [0.25, 0.3) is 0 Å². The van der Waals surface area contributed by atoms with Crippen molar-refractivity contribution < 1.29 is 4.57 Å². The lowest BCUT2D eigenvalue weighted by Crippen LogP contribution is -2.08. The molecule has 0 aromatic heterocycles. The van der Waals surface area contributed by atoms with Crippen LogP contribution >= 0.6 is 8.10 Å². The first-order valence-corrected chi connectivity index (χ1v) is 5.53. The summed E-state index contributed by atoms with van der Waals surface area (Å²) in [5.41, 5.74) is 0.373. The van der Waals surface area contributed by atoms with Gasteiger partial charge < -0.3 is 0 Å². The summed E-state index contributed by atoms with van der Waals surface area (Å²) in [6.07, 6.45) is 0. The predicted molar refractivity (Wildman–Crippen MR) is 49.2 cm³/mol. The Bertz CT molecular complexity index is 225. The zero-order chi connectivity index (χ0) is 9.15. The Labute approximate surface area is 74.6 Å². The second-order valence-corrected chi connectivity index (χ2v) is 6.46. The molecule has 2 atom stereocenters. The van der Waals surface area contributed by atoms with E-state index in [4.69, 9.17) is 0 Å². The van der Waals surface area contributed by atoms with Crippen molar-refractivity contribution in [2.45, 2.75) is 38.8 Å². The molecule has 3 nitrogen and oxygen atoms in total. The monoisotopic (exact) mass is 187 g/mol. The lowest BCUT2D eigenvalue weighted by molar-refractivity contribution is 0.493. The Balaban J connectivity index is 1.97. The van der Waals surface area contributed by atoms with Gasteiger partial charge in [0.05, 0.1) is 24.2 Å². The third-order valence-corrected chi connectivity index (χ3v) is 4.87. The third kappa shape index (κ3) is 1.20. The van der Waals surface area contributed by atoms with E-state index in [1.807, 2.05) is 0 Å². The molecule has 0 N–H and O–H groups in total. The van der Waals surface area contributed by atoms with Crippen LogP contribution in [-0.4, -0.2) is 33.5 Å². The Morgan fingerprint density at radius 2 is 1.25 bits per heavy atom. The molecule has 0 amide bonds. The van der Waals surface area contributed by atoms with E-state index in [9.17, 15) is 4.57 Å². The van der Waals surface area contributed by atoms with Gasteiger partial charge in [-0.3, -0.25) is 0 Å². The molecule has 0 radical (unpaired) electrons. The standard InChI is InChI=1S/C8H16N2OP/c1-7(2)5-9(7)12(11)10-6-8(10,3)4/h5-6H2,1-4H3/q+1. The summed E-state index contributed by atoms with van der Waals surface area (Å²) >= 11 is 0. The summed E-state index contributed by atoms with van der Waals surface area (Å²) < 4.78 is 15.9. The Kier molecular flexibility index (Phi) is 1.50. The Morgan fingerprint density at radius 3 is 1.42 bits per heavy atom. The molecule has 2 unspecified atom stereocenters. The van der Waals surface area contributed by atoms with Gasteiger partial charge in [-0.05, 0) is 32.3 Å². The molecule has 0 spiro atoms. The fourth-order valence-corrected chi connectivity index (χ4v) is 3.50. The summed E-state index contributed by atoms with van der Waals surface area (Å²) in [7, 11) is -1.24. The maximum atomic E-state index is 11.8. The van der Waals surface area contributed by atoms with Gasteiger partial charge in [-0.25, -0.2) is 0 Å². The van der Waals surface area contributed by atoms with E-state index in [1.54, 1.807) is 0 Å². The van der Waals surface area contributed by atoms with Crippen molar-refractivity contribution in [3.63, 3.8) is 0 Å². The van der Waals surface area contributed by atoms with Crippen molar-refractivity contribution in [1.82, 2.24) is 9.34 Å². The molecule has 4 heteroatoms. The molecule has 2 aliphatic rings. The second kappa shape index (κ2) is 2.09. The largest absolute Gasteiger partial charge is 0.538 e. The highest BCUT2D eigenvalue weighted by Gasteiger charge is 2.67. The smallest absolute Gasteiger partial charge is 0.0700 e. The number of nitrogens with zero attached hydrogens (tertiary/aromatic N) is 2. The molecule has 0 aliphatic carbocycles. The lowest BCUT2D eigenvalue weighted by atomic mass is 10.2. The van der Waals surface area contributed by atoms with Gasteiger partial charge in [-0.2, -0.15) is 0 Å². The van der Waals surface area contributed by atoms with E-state index in [0.29, 0.717) is 0 Å². The highest BCUT2D eigenvalue weighted by molar-refractivity contribution is 7.40. The molecule has 68 valence electrons. The quantitative estimate of drug-likeness (QED) is 0.486. The number of hydrogen-bond donors (Lipinski definition) is 0. The average molecular weight is 187 g/mol. The summed E-state index contributed by atoms with van der Waals surface area (Å²) in [6, 6.07) is 0. The van der Waals surface area contributed by atoms with Gasteiger partial charge in [0.15, 0.2) is 0 Å². The van der Waals surface area contributed by atoms with Crippen LogP contribution in [0.3, 0.4) is 0 Å². The van der Waals surface area contributed by atoms with E-state index in [1.165, 1.54) is 0 Å². The van der Waals surface area contributed by atoms with Gasteiger partial charge in [-0.1, -0.05) is 9.34 Å². The lowest BCUT2D eigenvalue weighted by Gasteiger charge is -1.96. The summed E-state index contributed by atoms with van der Waals surface area (Å²) in [5, 5.41) is 0. The molecule has 2 saturated heterocycles. The Morgan fingerprint density at radius 1 is 1.00 bits per heavy atom. The molecule has 0 bridgehead atoms. The maximum Gasteiger partial charge on any atom is 0.538 e. The van der Waals surface area contributed by atoms with E-state index in [2.05, 4.69) is 37.0 Å². The topological polar surface area (TPSA) is 23.1 Å². The SMILES string of the molecule is CC1(C)CN1[P+](=O)N1CC1(C)C. The fourth-order valence-electron chi connectivity index (χ4n) is 1.38. The van der Waals surface area contributed by atoms with Crippen molar-refractivity contribution in [1.29, 1.82) is 0 Å². The first kappa shape index (κ1) is 8.61. The maximum absolute atomic E-state index is 11.8. The molecule has 2 fully saturated rings. The third-order valence-electron chi connectivity index (χ3n) is 2.68. The van der Waals surface area contributed by atoms with Gasteiger partial charge >= 0.3 is 8.10 Å². The van der Waals surface area contributed by atoms with Crippen LogP contribution < -0.4 is 0 Å². The molecule has 12 heavy (non-hydrogen) atoms. The fraction of sp³-hybridized carbons (Fsp3) is 1.00. The molecule has 0 aromatic rings. The van der Waals surface area contributed by atoms with Crippen LogP contribution in [0.5, 0.6) is 0 Å². The highest BCUT2D eigenvalue weighted by atomic mass is 31.1. The van der Waals surface area contributed by atoms with Crippen molar-refractivity contribution in [2.24, 2.45) is 0 Å². The minimum Gasteiger partial charge on any atom is -0.0700 e. The van der Waals surface area contributed by atoms with E-state index in [0.717, 1.165) is 13.1 Å². The Hall–Kier alpha value is 0.0200. The van der Waals surface area contributed by atoms with E-state index < -0.39 is 8.10 Å². The van der Waals surface area contributed by atoms with E-state index >= 15 is 0 Å². The van der Waals surface area contributed by atoms with E-state index in [-0.39, 0.29) is 11.1 Å². The molecular formula is C8H16N2OP+. The van der Waals surface area contributed by atoms with Crippen molar-refractivity contribution in [3.8, 4) is 0 Å². The summed E-state index contributed by atoms with van der Waals surface area (Å²) in [4.78, 5) is 0. The molecule has 2 rings (SSSR count). The van der Waals surface area contributed by atoms with Crippen LogP contribution in [0, 0.1) is 0 Å². The molecule has 0 saturated carbocycles. The summed E-state index contributed by atoms with van der Waals surface area (Å²) in [5.74, 6) is 0. The van der Waals surface area contributed by atoms with Crippen LogP contribution in [-0.2, 0) is 4.57 Å². The normalized spacial score (nSPS) is 42.2. The molecule has 2 aliphatic heterocycles. The zero-order valence-electron chi connectivity index (χ0n) is 8.16. The molecule has 2 heterocycles. The van der Waals surface area contributed by atoms with Crippen LogP contribution in [0.15, 0.2) is 0 Å². The van der Waals surface area contributed by atoms with Crippen molar-refractivity contribution >= 4 is 8.10 Å². The number of hydrogen-bond acceptors (Lipinski definition) is 1. The van der Waals surface area contributed by atoms with Crippen LogP contribution in [0.25, 0.3) is 0 Å². The van der Waals surface area contributed by atoms with Crippen LogP contribution in [0.1, 0.15) is 27.7 Å². The zero-order valence-corrected chi connectivity index (χ0v) is 9.06. The van der Waals surface area contributed by atoms with Gasteiger partial charge in [-0.15, -0.1) is 0 Å². The first-order valence-electron chi connectivity index (χ1n) is 4.37. The number of rotatable bonds is 2. The highest BCUT2D eigenvalue weighted by Crippen LogP contribution is 2.56. The minimum absolute atomic E-state index is 0.187. The van der Waals surface area contributed by atoms with Crippen LogP contribution in [0.2, 0.25) is 0 Å². The predicted octanol–water partition coefficient (Wildman–Crippen LogP) is 1.83. The van der Waals surface area contributed by atoms with Crippen LogP contribution in [0.4, 0.5) is 0 Å². The van der Waals surface area contributed by atoms with Crippen molar-refractivity contribution in [2.75, 3.05) is 13.1 Å². The minimum atomic E-state index is -1.24. The molecular weight excluding hydrogens is 171 g/mol. The second-order valence-electron chi connectivity index (χ2n) is 4.99. The average Bonchev–Trinajstić information content (AvgIpc) is 2.70. The first-order chi connectivity index (χ1) is 5.34. The van der Waals surface area contributed by atoms with Gasteiger partial charge in [0.2, 0.25) is 0 Å². The van der Waals surface area contributed by atoms with Gasteiger partial charge in [0.1, 0.15) is 0 Å². The van der Waals surface area contributed by atoms with Gasteiger partial charge in [0, 0.05) is 0 Å². The van der Waals surface area contributed by atoms with Crippen molar-refractivity contribution in [3.05, 3.63) is 0 Å².